The molecule has 0 fully saturated rings. The van der Waals surface area contributed by atoms with E-state index >= 15 is 0 Å². The summed E-state index contributed by atoms with van der Waals surface area (Å²) in [5.74, 6) is 0.352. The first-order valence-electron chi connectivity index (χ1n) is 8.37. The van der Waals surface area contributed by atoms with Gasteiger partial charge in [0.15, 0.2) is 24.8 Å². The Morgan fingerprint density at radius 1 is 0.800 bits per heavy atom. The number of rotatable bonds is 8. The molecule has 1 unspecified atom stereocenters. The highest BCUT2D eigenvalue weighted by Gasteiger charge is 2.25. The summed E-state index contributed by atoms with van der Waals surface area (Å²) in [5, 5.41) is -0.922. The van der Waals surface area contributed by atoms with Crippen molar-refractivity contribution >= 4 is 19.7 Å². The van der Waals surface area contributed by atoms with E-state index in [1.54, 1.807) is 30.3 Å². The van der Waals surface area contributed by atoms with Gasteiger partial charge in [0.1, 0.15) is 0 Å². The minimum Gasteiger partial charge on any atom is -0.223 e. The van der Waals surface area contributed by atoms with Gasteiger partial charge < -0.3 is 0 Å². The van der Waals surface area contributed by atoms with Crippen molar-refractivity contribution in [2.24, 2.45) is 0 Å². The number of hydrogen-bond donors (Lipinski definition) is 0. The molecule has 25 heavy (non-hydrogen) atoms. The molecule has 2 aromatic rings. The van der Waals surface area contributed by atoms with Crippen LogP contribution in [0.5, 0.6) is 0 Å². The lowest BCUT2D eigenvalue weighted by Crippen LogP contribution is -2.17. The molecule has 0 aliphatic rings. The minimum atomic E-state index is -3.91. The molecule has 2 rings (SSSR count). The van der Waals surface area contributed by atoms with Gasteiger partial charge in [-0.15, -0.1) is 0 Å². The van der Waals surface area contributed by atoms with E-state index in [1.165, 1.54) is 24.3 Å². The van der Waals surface area contributed by atoms with Crippen molar-refractivity contribution in [2.75, 3.05) is 5.08 Å². The molecule has 0 N–H and O–H groups in total. The number of benzene rings is 2. The highest BCUT2D eigenvalue weighted by Crippen LogP contribution is 2.24. The SMILES string of the molecule is CCCCC(C)c1ccc(S(=O)(=O)CS(=O)(=O)c2ccccc2)cc1. The number of unbranched alkanes of at least 4 members (excludes halogenated alkanes) is 1. The van der Waals surface area contributed by atoms with Gasteiger partial charge >= 0.3 is 0 Å². The predicted octanol–water partition coefficient (Wildman–Crippen LogP) is 4.19. The van der Waals surface area contributed by atoms with Crippen molar-refractivity contribution in [3.8, 4) is 0 Å². The third-order valence-electron chi connectivity index (χ3n) is 4.21. The number of hydrogen-bond acceptors (Lipinski definition) is 4. The van der Waals surface area contributed by atoms with E-state index in [2.05, 4.69) is 13.8 Å². The van der Waals surface area contributed by atoms with Crippen molar-refractivity contribution in [1.82, 2.24) is 0 Å². The van der Waals surface area contributed by atoms with Crippen LogP contribution in [0.25, 0.3) is 0 Å². The first-order chi connectivity index (χ1) is 11.8. The van der Waals surface area contributed by atoms with Crippen molar-refractivity contribution in [3.05, 3.63) is 60.2 Å². The maximum atomic E-state index is 12.5. The van der Waals surface area contributed by atoms with Gasteiger partial charge in [0.05, 0.1) is 9.79 Å². The monoisotopic (exact) mass is 380 g/mol. The topological polar surface area (TPSA) is 68.3 Å². The van der Waals surface area contributed by atoms with Gasteiger partial charge in [-0.3, -0.25) is 0 Å². The fourth-order valence-electron chi connectivity index (χ4n) is 2.65. The first-order valence-corrected chi connectivity index (χ1v) is 11.7. The molecule has 0 saturated carbocycles. The second kappa shape index (κ2) is 8.15. The molecule has 6 heteroatoms. The molecule has 0 heterocycles. The Kier molecular flexibility index (Phi) is 6.41. The van der Waals surface area contributed by atoms with Crippen LogP contribution < -0.4 is 0 Å². The van der Waals surface area contributed by atoms with E-state index in [1.807, 2.05) is 0 Å². The van der Waals surface area contributed by atoms with Gasteiger partial charge in [0.2, 0.25) is 0 Å². The highest BCUT2D eigenvalue weighted by molar-refractivity contribution is 8.08. The van der Waals surface area contributed by atoms with E-state index in [-0.39, 0.29) is 9.79 Å². The van der Waals surface area contributed by atoms with Crippen molar-refractivity contribution in [1.29, 1.82) is 0 Å². The summed E-state index contributed by atoms with van der Waals surface area (Å²) in [6, 6.07) is 14.2. The summed E-state index contributed by atoms with van der Waals surface area (Å²) >= 11 is 0. The van der Waals surface area contributed by atoms with Gasteiger partial charge in [0, 0.05) is 0 Å². The van der Waals surface area contributed by atoms with E-state index in [0.717, 1.165) is 24.8 Å². The lowest BCUT2D eigenvalue weighted by molar-refractivity contribution is 0.588. The molecule has 0 bridgehead atoms. The quantitative estimate of drug-likeness (QED) is 0.689. The Hall–Kier alpha value is -1.66. The molecule has 2 aromatic carbocycles. The lowest BCUT2D eigenvalue weighted by atomic mass is 9.96. The molecule has 0 saturated heterocycles. The van der Waals surface area contributed by atoms with Gasteiger partial charge in [0.25, 0.3) is 0 Å². The Labute approximate surface area is 150 Å². The summed E-state index contributed by atoms with van der Waals surface area (Å²) in [6.45, 7) is 4.24. The Bertz CT molecular complexity index is 884. The van der Waals surface area contributed by atoms with Crippen LogP contribution in [0.15, 0.2) is 64.4 Å². The van der Waals surface area contributed by atoms with Crippen LogP contribution in [0.2, 0.25) is 0 Å². The van der Waals surface area contributed by atoms with Gasteiger partial charge in [-0.1, -0.05) is 57.0 Å². The summed E-state index contributed by atoms with van der Waals surface area (Å²) < 4.78 is 49.7. The van der Waals surface area contributed by atoms with Crippen molar-refractivity contribution in [2.45, 2.75) is 48.8 Å². The van der Waals surface area contributed by atoms with Crippen LogP contribution >= 0.6 is 0 Å². The fourth-order valence-corrected chi connectivity index (χ4v) is 6.49. The molecule has 0 radical (unpaired) electrons. The normalized spacial score (nSPS) is 13.5. The lowest BCUT2D eigenvalue weighted by Gasteiger charge is -2.12. The van der Waals surface area contributed by atoms with Crippen molar-refractivity contribution < 1.29 is 16.8 Å². The van der Waals surface area contributed by atoms with Gasteiger partial charge in [-0.05, 0) is 42.2 Å². The summed E-state index contributed by atoms with van der Waals surface area (Å²) in [6.07, 6.45) is 3.29. The smallest absolute Gasteiger partial charge is 0.193 e. The zero-order chi connectivity index (χ0) is 18.5. The van der Waals surface area contributed by atoms with E-state index in [4.69, 9.17) is 0 Å². The third kappa shape index (κ3) is 5.16. The standard InChI is InChI=1S/C19H24O4S2/c1-3-4-8-16(2)17-11-13-19(14-12-17)25(22,23)15-24(20,21)18-9-6-5-7-10-18/h5-7,9-14,16H,3-4,8,15H2,1-2H3. The molecular weight excluding hydrogens is 356 g/mol. The molecule has 0 aromatic heterocycles. The molecule has 4 nitrogen and oxygen atoms in total. The van der Waals surface area contributed by atoms with Crippen LogP contribution in [-0.4, -0.2) is 21.9 Å². The van der Waals surface area contributed by atoms with Crippen LogP contribution in [0.1, 0.15) is 44.6 Å². The van der Waals surface area contributed by atoms with Gasteiger partial charge in [-0.25, -0.2) is 16.8 Å². The maximum absolute atomic E-state index is 12.5. The zero-order valence-electron chi connectivity index (χ0n) is 14.6. The minimum absolute atomic E-state index is 0.0170. The second-order valence-corrected chi connectivity index (χ2v) is 10.6. The highest BCUT2D eigenvalue weighted by atomic mass is 32.3. The fraction of sp³-hybridized carbons (Fsp3) is 0.368. The molecule has 136 valence electrons. The predicted molar refractivity (Wildman–Crippen MR) is 100 cm³/mol. The molecule has 0 aliphatic carbocycles. The van der Waals surface area contributed by atoms with E-state index in [9.17, 15) is 16.8 Å². The second-order valence-electron chi connectivity index (χ2n) is 6.27. The largest absolute Gasteiger partial charge is 0.223 e. The molecule has 0 amide bonds. The molecule has 0 aliphatic heterocycles. The van der Waals surface area contributed by atoms with E-state index in [0.29, 0.717) is 5.92 Å². The Morgan fingerprint density at radius 3 is 1.84 bits per heavy atom. The van der Waals surface area contributed by atoms with Gasteiger partial charge in [-0.2, -0.15) is 0 Å². The third-order valence-corrected chi connectivity index (χ3v) is 8.67. The summed E-state index contributed by atoms with van der Waals surface area (Å²) in [4.78, 5) is 0.0573. The summed E-state index contributed by atoms with van der Waals surface area (Å²) in [5.41, 5.74) is 1.07. The maximum Gasteiger partial charge on any atom is 0.193 e. The van der Waals surface area contributed by atoms with E-state index < -0.39 is 24.8 Å². The Morgan fingerprint density at radius 2 is 1.32 bits per heavy atom. The average Bonchev–Trinajstić information content (AvgIpc) is 2.59. The first kappa shape index (κ1) is 19.7. The molecular formula is C19H24O4S2. The number of sulfone groups is 2. The molecule has 1 atom stereocenters. The van der Waals surface area contributed by atoms with Crippen molar-refractivity contribution in [3.63, 3.8) is 0 Å². The zero-order valence-corrected chi connectivity index (χ0v) is 16.2. The summed E-state index contributed by atoms with van der Waals surface area (Å²) in [7, 11) is -7.81. The van der Waals surface area contributed by atoms with Crippen LogP contribution in [0.4, 0.5) is 0 Å². The van der Waals surface area contributed by atoms with Crippen LogP contribution in [0.3, 0.4) is 0 Å². The van der Waals surface area contributed by atoms with Crippen LogP contribution in [0, 0.1) is 0 Å². The molecule has 0 spiro atoms. The average molecular weight is 381 g/mol. The van der Waals surface area contributed by atoms with Crippen LogP contribution in [-0.2, 0) is 19.7 Å². The Balaban J connectivity index is 2.20.